The molecule has 2 aliphatic heterocycles. The predicted molar refractivity (Wildman–Crippen MR) is 103 cm³/mol. The van der Waals surface area contributed by atoms with Crippen molar-refractivity contribution < 1.29 is 9.13 Å². The summed E-state index contributed by atoms with van der Waals surface area (Å²) in [5.41, 5.74) is 5.44. The number of fused-ring (bicyclic) bond motifs is 3. The summed E-state index contributed by atoms with van der Waals surface area (Å²) in [5.74, 6) is 0.616. The first-order valence-corrected chi connectivity index (χ1v) is 9.13. The first kappa shape index (κ1) is 16.1. The maximum absolute atomic E-state index is 13.4. The average molecular weight is 358 g/mol. The zero-order valence-electron chi connectivity index (χ0n) is 15.0. The Labute approximate surface area is 157 Å². The fourth-order valence-electron chi connectivity index (χ4n) is 3.80. The zero-order chi connectivity index (χ0) is 18.4. The van der Waals surface area contributed by atoms with Gasteiger partial charge in [0, 0.05) is 17.5 Å². The summed E-state index contributed by atoms with van der Waals surface area (Å²) in [5, 5.41) is 6.94. The van der Waals surface area contributed by atoms with Crippen LogP contribution in [0.3, 0.4) is 0 Å². The summed E-state index contributed by atoms with van der Waals surface area (Å²) in [7, 11) is 0. The molecule has 0 saturated carbocycles. The van der Waals surface area contributed by atoms with Gasteiger partial charge in [0.05, 0.1) is 11.8 Å². The van der Waals surface area contributed by atoms with E-state index in [4.69, 9.17) is 9.84 Å². The molecule has 4 heteroatoms. The van der Waals surface area contributed by atoms with Crippen molar-refractivity contribution in [1.29, 1.82) is 0 Å². The SMILES string of the molecule is Cc1ccc(C2=NN3[C@H](C2)c2ccccc2O[C@H]3c2ccc(F)cc2)cc1. The molecule has 0 spiro atoms. The first-order valence-electron chi connectivity index (χ1n) is 9.13. The summed E-state index contributed by atoms with van der Waals surface area (Å²) in [6, 6.07) is 23.1. The molecule has 3 aromatic rings. The van der Waals surface area contributed by atoms with E-state index < -0.39 is 0 Å². The highest BCUT2D eigenvalue weighted by molar-refractivity contribution is 6.02. The second-order valence-electron chi connectivity index (χ2n) is 7.07. The van der Waals surface area contributed by atoms with Crippen LogP contribution in [0.4, 0.5) is 4.39 Å². The molecule has 0 saturated heterocycles. The number of hydrogen-bond acceptors (Lipinski definition) is 3. The first-order chi connectivity index (χ1) is 13.2. The number of benzene rings is 3. The molecule has 27 heavy (non-hydrogen) atoms. The van der Waals surface area contributed by atoms with Gasteiger partial charge >= 0.3 is 0 Å². The van der Waals surface area contributed by atoms with Crippen LogP contribution in [-0.2, 0) is 0 Å². The molecule has 2 heterocycles. The summed E-state index contributed by atoms with van der Waals surface area (Å²) in [6.45, 7) is 2.08. The van der Waals surface area contributed by atoms with E-state index in [1.165, 1.54) is 17.7 Å². The quantitative estimate of drug-likeness (QED) is 0.615. The van der Waals surface area contributed by atoms with E-state index in [-0.39, 0.29) is 18.1 Å². The van der Waals surface area contributed by atoms with Gasteiger partial charge < -0.3 is 4.74 Å². The molecule has 0 radical (unpaired) electrons. The molecule has 0 aliphatic carbocycles. The second kappa shape index (κ2) is 6.23. The van der Waals surface area contributed by atoms with Crippen LogP contribution in [0, 0.1) is 12.7 Å². The van der Waals surface area contributed by atoms with E-state index in [0.29, 0.717) is 0 Å². The van der Waals surface area contributed by atoms with Gasteiger partial charge in [-0.2, -0.15) is 5.10 Å². The monoisotopic (exact) mass is 358 g/mol. The largest absolute Gasteiger partial charge is 0.464 e. The minimum atomic E-state index is -0.367. The van der Waals surface area contributed by atoms with Gasteiger partial charge in [0.1, 0.15) is 11.6 Å². The number of nitrogens with zero attached hydrogens (tertiary/aromatic N) is 2. The Morgan fingerprint density at radius 3 is 2.48 bits per heavy atom. The van der Waals surface area contributed by atoms with Gasteiger partial charge in [0.25, 0.3) is 0 Å². The number of rotatable bonds is 2. The summed E-state index contributed by atoms with van der Waals surface area (Å²) < 4.78 is 19.7. The van der Waals surface area contributed by atoms with Crippen molar-refractivity contribution in [2.45, 2.75) is 25.6 Å². The van der Waals surface area contributed by atoms with Crippen LogP contribution in [-0.4, -0.2) is 10.7 Å². The number of halogens is 1. The molecule has 3 nitrogen and oxygen atoms in total. The highest BCUT2D eigenvalue weighted by Crippen LogP contribution is 2.47. The molecule has 0 amide bonds. The van der Waals surface area contributed by atoms with Crippen LogP contribution in [0.5, 0.6) is 5.75 Å². The average Bonchev–Trinajstić information content (AvgIpc) is 3.14. The lowest BCUT2D eigenvalue weighted by atomic mass is 9.95. The predicted octanol–water partition coefficient (Wildman–Crippen LogP) is 5.38. The van der Waals surface area contributed by atoms with E-state index in [2.05, 4.69) is 37.3 Å². The molecule has 0 bridgehead atoms. The number of hydrogen-bond donors (Lipinski definition) is 0. The highest BCUT2D eigenvalue weighted by atomic mass is 19.1. The Balaban J connectivity index is 1.58. The minimum Gasteiger partial charge on any atom is -0.464 e. The van der Waals surface area contributed by atoms with E-state index >= 15 is 0 Å². The van der Waals surface area contributed by atoms with Gasteiger partial charge in [-0.25, -0.2) is 9.40 Å². The van der Waals surface area contributed by atoms with Crippen molar-refractivity contribution >= 4 is 5.71 Å². The van der Waals surface area contributed by atoms with Gasteiger partial charge in [0.15, 0.2) is 0 Å². The standard InChI is InChI=1S/C23H19FN2O/c1-15-6-8-16(9-7-15)20-14-21-19-4-2-3-5-22(19)27-23(26(21)25-20)17-10-12-18(24)13-11-17/h2-13,21,23H,14H2,1H3/t21-,23+/m1/s1. The van der Waals surface area contributed by atoms with Crippen LogP contribution < -0.4 is 4.74 Å². The van der Waals surface area contributed by atoms with Crippen molar-refractivity contribution in [3.8, 4) is 5.75 Å². The van der Waals surface area contributed by atoms with Crippen molar-refractivity contribution in [2.75, 3.05) is 0 Å². The molecule has 0 aromatic heterocycles. The smallest absolute Gasteiger partial charge is 0.213 e. The lowest BCUT2D eigenvalue weighted by Gasteiger charge is -2.38. The summed E-state index contributed by atoms with van der Waals surface area (Å²) in [4.78, 5) is 0. The Kier molecular flexibility index (Phi) is 3.71. The third kappa shape index (κ3) is 2.78. The van der Waals surface area contributed by atoms with Gasteiger partial charge in [-0.3, -0.25) is 0 Å². The lowest BCUT2D eigenvalue weighted by molar-refractivity contribution is -0.0190. The third-order valence-corrected chi connectivity index (χ3v) is 5.24. The Bertz CT molecular complexity index is 1010. The highest BCUT2D eigenvalue weighted by Gasteiger charge is 2.40. The zero-order valence-corrected chi connectivity index (χ0v) is 15.0. The van der Waals surface area contributed by atoms with Gasteiger partial charge in [-0.15, -0.1) is 0 Å². The van der Waals surface area contributed by atoms with E-state index in [9.17, 15) is 4.39 Å². The Hall–Kier alpha value is -3.14. The van der Waals surface area contributed by atoms with Crippen LogP contribution in [0.15, 0.2) is 77.9 Å². The van der Waals surface area contributed by atoms with Gasteiger partial charge in [-0.05, 0) is 30.7 Å². The van der Waals surface area contributed by atoms with Crippen LogP contribution in [0.25, 0.3) is 0 Å². The Morgan fingerprint density at radius 2 is 1.70 bits per heavy atom. The molecular weight excluding hydrogens is 339 g/mol. The Morgan fingerprint density at radius 1 is 0.963 bits per heavy atom. The van der Waals surface area contributed by atoms with Gasteiger partial charge in [0.2, 0.25) is 6.23 Å². The number of para-hydroxylation sites is 1. The second-order valence-corrected chi connectivity index (χ2v) is 7.07. The van der Waals surface area contributed by atoms with Crippen LogP contribution in [0.2, 0.25) is 0 Å². The molecule has 0 N–H and O–H groups in total. The van der Waals surface area contributed by atoms with Crippen molar-refractivity contribution in [2.24, 2.45) is 5.10 Å². The third-order valence-electron chi connectivity index (χ3n) is 5.24. The molecule has 2 aliphatic rings. The number of ether oxygens (including phenoxy) is 1. The topological polar surface area (TPSA) is 24.8 Å². The fraction of sp³-hybridized carbons (Fsp3) is 0.174. The van der Waals surface area contributed by atoms with E-state index in [0.717, 1.165) is 34.6 Å². The van der Waals surface area contributed by atoms with Crippen LogP contribution in [0.1, 0.15) is 40.9 Å². The normalized spacial score (nSPS) is 20.5. The molecule has 3 aromatic carbocycles. The molecule has 2 atom stereocenters. The molecular formula is C23H19FN2O. The molecule has 0 unspecified atom stereocenters. The maximum Gasteiger partial charge on any atom is 0.213 e. The molecule has 0 fully saturated rings. The van der Waals surface area contributed by atoms with Crippen molar-refractivity contribution in [3.63, 3.8) is 0 Å². The summed E-state index contributed by atoms with van der Waals surface area (Å²) >= 11 is 0. The van der Waals surface area contributed by atoms with Crippen molar-refractivity contribution in [1.82, 2.24) is 5.01 Å². The minimum absolute atomic E-state index is 0.112. The number of hydrazone groups is 1. The molecule has 5 rings (SSSR count). The van der Waals surface area contributed by atoms with Crippen molar-refractivity contribution in [3.05, 3.63) is 101 Å². The number of aryl methyl sites for hydroxylation is 1. The van der Waals surface area contributed by atoms with Crippen LogP contribution >= 0.6 is 0 Å². The summed E-state index contributed by atoms with van der Waals surface area (Å²) in [6.07, 6.45) is 0.453. The van der Waals surface area contributed by atoms with E-state index in [1.807, 2.05) is 23.2 Å². The van der Waals surface area contributed by atoms with Gasteiger partial charge in [-0.1, -0.05) is 60.2 Å². The maximum atomic E-state index is 13.4. The fourth-order valence-corrected chi connectivity index (χ4v) is 3.80. The van der Waals surface area contributed by atoms with E-state index in [1.54, 1.807) is 12.1 Å². The molecule has 134 valence electrons. The lowest BCUT2D eigenvalue weighted by Crippen LogP contribution is -2.33.